The molecule has 1 heterocycles. The molecule has 0 fully saturated rings. The van der Waals surface area contributed by atoms with Gasteiger partial charge in [-0.3, -0.25) is 14.2 Å². The third-order valence-corrected chi connectivity index (χ3v) is 5.60. The molecule has 150 valence electrons. The van der Waals surface area contributed by atoms with Crippen LogP contribution in [0.15, 0.2) is 83.7 Å². The van der Waals surface area contributed by atoms with E-state index in [1.165, 1.54) is 0 Å². The summed E-state index contributed by atoms with van der Waals surface area (Å²) in [6, 6.07) is 24.0. The fourth-order valence-corrected chi connectivity index (χ4v) is 4.04. The number of amides is 1. The number of carbonyl (C=O) groups is 1. The summed E-state index contributed by atoms with van der Waals surface area (Å²) in [7, 11) is 0. The van der Waals surface area contributed by atoms with Gasteiger partial charge in [0.05, 0.1) is 22.0 Å². The maximum atomic E-state index is 13.4. The van der Waals surface area contributed by atoms with Crippen molar-refractivity contribution in [3.8, 4) is 5.69 Å². The van der Waals surface area contributed by atoms with Crippen molar-refractivity contribution in [2.24, 2.45) is 0 Å². The lowest BCUT2D eigenvalue weighted by atomic mass is 10.0. The van der Waals surface area contributed by atoms with Crippen LogP contribution < -0.4 is 10.9 Å². The first-order valence-corrected chi connectivity index (χ1v) is 10.1. The molecule has 1 aromatic heterocycles. The molecule has 0 spiro atoms. The van der Waals surface area contributed by atoms with Gasteiger partial charge in [-0.25, -0.2) is 0 Å². The van der Waals surface area contributed by atoms with Crippen molar-refractivity contribution in [1.82, 2.24) is 9.88 Å². The summed E-state index contributed by atoms with van der Waals surface area (Å²) in [6.45, 7) is 3.72. The highest BCUT2D eigenvalue weighted by atomic mass is 35.5. The van der Waals surface area contributed by atoms with Gasteiger partial charge in [-0.15, -0.1) is 0 Å². The molecule has 1 atom stereocenters. The number of benzene rings is 3. The zero-order valence-electron chi connectivity index (χ0n) is 16.7. The van der Waals surface area contributed by atoms with Crippen LogP contribution in [0.1, 0.15) is 34.6 Å². The first kappa shape index (κ1) is 19.9. The highest BCUT2D eigenvalue weighted by Crippen LogP contribution is 2.27. The lowest BCUT2D eigenvalue weighted by Crippen LogP contribution is -2.31. The molecule has 3 aromatic carbocycles. The fourth-order valence-electron chi connectivity index (χ4n) is 3.79. The van der Waals surface area contributed by atoms with Gasteiger partial charge in [0.25, 0.3) is 11.5 Å². The fraction of sp³-hybridized carbons (Fsp3) is 0.120. The van der Waals surface area contributed by atoms with Gasteiger partial charge in [-0.05, 0) is 37.6 Å². The summed E-state index contributed by atoms with van der Waals surface area (Å²) in [4.78, 5) is 26.7. The van der Waals surface area contributed by atoms with Crippen LogP contribution >= 0.6 is 11.6 Å². The van der Waals surface area contributed by atoms with Gasteiger partial charge in [0.15, 0.2) is 0 Å². The molecule has 1 N–H and O–H groups in total. The topological polar surface area (TPSA) is 51.1 Å². The van der Waals surface area contributed by atoms with E-state index in [2.05, 4.69) is 5.32 Å². The molecule has 0 saturated heterocycles. The van der Waals surface area contributed by atoms with Crippen LogP contribution in [0.25, 0.3) is 16.5 Å². The van der Waals surface area contributed by atoms with Gasteiger partial charge < -0.3 is 5.32 Å². The Morgan fingerprint density at radius 3 is 2.23 bits per heavy atom. The molecular formula is C25H21ClN2O2. The van der Waals surface area contributed by atoms with Gasteiger partial charge in [0, 0.05) is 16.8 Å². The molecular weight excluding hydrogens is 396 g/mol. The van der Waals surface area contributed by atoms with E-state index in [4.69, 9.17) is 11.6 Å². The molecule has 1 amide bonds. The number of nitrogens with zero attached hydrogens (tertiary/aromatic N) is 1. The zero-order valence-corrected chi connectivity index (χ0v) is 17.5. The largest absolute Gasteiger partial charge is 0.345 e. The van der Waals surface area contributed by atoms with Crippen molar-refractivity contribution in [3.05, 3.63) is 111 Å². The Morgan fingerprint density at radius 2 is 1.57 bits per heavy atom. The molecule has 0 aliphatic rings. The smallest absolute Gasteiger partial charge is 0.264 e. The molecule has 30 heavy (non-hydrogen) atoms. The summed E-state index contributed by atoms with van der Waals surface area (Å²) in [6.07, 6.45) is 0. The standard InChI is InChI=1S/C25H21ClN2O2/c1-16(18-10-5-3-6-11-18)27-24(29)22-17(2)28(19-12-7-4-8-13-19)25(30)23-20(22)14-9-15-21(23)26/h3-16H,1-2H3,(H,27,29)/t16-/m0/s1. The number of aromatic nitrogens is 1. The second kappa shape index (κ2) is 8.17. The minimum Gasteiger partial charge on any atom is -0.345 e. The molecule has 4 rings (SSSR count). The first-order valence-electron chi connectivity index (χ1n) is 9.74. The second-order valence-corrected chi connectivity index (χ2v) is 7.61. The van der Waals surface area contributed by atoms with Gasteiger partial charge >= 0.3 is 0 Å². The number of nitrogens with one attached hydrogen (secondary N) is 1. The Kier molecular flexibility index (Phi) is 5.42. The van der Waals surface area contributed by atoms with Crippen LogP contribution in [-0.4, -0.2) is 10.5 Å². The lowest BCUT2D eigenvalue weighted by Gasteiger charge is -2.20. The van der Waals surface area contributed by atoms with Gasteiger partial charge in [-0.2, -0.15) is 0 Å². The average molecular weight is 417 g/mol. The van der Waals surface area contributed by atoms with Crippen molar-refractivity contribution < 1.29 is 4.79 Å². The number of fused-ring (bicyclic) bond motifs is 1. The number of para-hydroxylation sites is 1. The summed E-state index contributed by atoms with van der Waals surface area (Å²) >= 11 is 6.41. The van der Waals surface area contributed by atoms with Crippen LogP contribution in [0.2, 0.25) is 5.02 Å². The van der Waals surface area contributed by atoms with E-state index in [0.717, 1.165) is 5.56 Å². The molecule has 0 aliphatic heterocycles. The summed E-state index contributed by atoms with van der Waals surface area (Å²) in [5, 5.41) is 4.28. The normalized spacial score (nSPS) is 12.0. The van der Waals surface area contributed by atoms with E-state index < -0.39 is 0 Å². The predicted octanol–water partition coefficient (Wildman–Crippen LogP) is 5.44. The Bertz CT molecular complexity index is 1280. The second-order valence-electron chi connectivity index (χ2n) is 7.20. The number of hydrogen-bond donors (Lipinski definition) is 1. The van der Waals surface area contributed by atoms with Crippen LogP contribution in [0.3, 0.4) is 0 Å². The quantitative estimate of drug-likeness (QED) is 0.481. The summed E-state index contributed by atoms with van der Waals surface area (Å²) in [5.41, 5.74) is 2.46. The first-order chi connectivity index (χ1) is 14.5. The van der Waals surface area contributed by atoms with Crippen LogP contribution in [0.4, 0.5) is 0 Å². The molecule has 0 unspecified atom stereocenters. The average Bonchev–Trinajstić information content (AvgIpc) is 2.75. The molecule has 5 heteroatoms. The Labute approximate surface area is 179 Å². The zero-order chi connectivity index (χ0) is 21.3. The minimum absolute atomic E-state index is 0.190. The highest BCUT2D eigenvalue weighted by molar-refractivity contribution is 6.36. The number of hydrogen-bond acceptors (Lipinski definition) is 2. The van der Waals surface area contributed by atoms with E-state index in [0.29, 0.717) is 32.7 Å². The maximum Gasteiger partial charge on any atom is 0.264 e. The third kappa shape index (κ3) is 3.51. The lowest BCUT2D eigenvalue weighted by molar-refractivity contribution is 0.0940. The monoisotopic (exact) mass is 416 g/mol. The van der Waals surface area contributed by atoms with Gasteiger partial charge in [0.1, 0.15) is 0 Å². The summed E-state index contributed by atoms with van der Waals surface area (Å²) < 4.78 is 1.55. The Morgan fingerprint density at radius 1 is 0.933 bits per heavy atom. The Hall–Kier alpha value is -3.37. The van der Waals surface area contributed by atoms with E-state index >= 15 is 0 Å². The van der Waals surface area contributed by atoms with Crippen LogP contribution in [0, 0.1) is 6.92 Å². The highest BCUT2D eigenvalue weighted by Gasteiger charge is 2.22. The van der Waals surface area contributed by atoms with E-state index in [1.54, 1.807) is 29.7 Å². The summed E-state index contributed by atoms with van der Waals surface area (Å²) in [5.74, 6) is -0.249. The molecule has 4 nitrogen and oxygen atoms in total. The molecule has 0 saturated carbocycles. The van der Waals surface area contributed by atoms with Crippen molar-refractivity contribution in [2.45, 2.75) is 19.9 Å². The van der Waals surface area contributed by atoms with Crippen molar-refractivity contribution in [3.63, 3.8) is 0 Å². The molecule has 0 bridgehead atoms. The SMILES string of the molecule is Cc1c(C(=O)N[C@@H](C)c2ccccc2)c2cccc(Cl)c2c(=O)n1-c1ccccc1. The molecule has 0 radical (unpaired) electrons. The maximum absolute atomic E-state index is 13.4. The number of halogens is 1. The third-order valence-electron chi connectivity index (χ3n) is 5.29. The van der Waals surface area contributed by atoms with Crippen LogP contribution in [-0.2, 0) is 0 Å². The molecule has 4 aromatic rings. The number of carbonyl (C=O) groups excluding carboxylic acids is 1. The van der Waals surface area contributed by atoms with Crippen molar-refractivity contribution in [2.75, 3.05) is 0 Å². The van der Waals surface area contributed by atoms with E-state index in [9.17, 15) is 9.59 Å². The number of rotatable bonds is 4. The van der Waals surface area contributed by atoms with Crippen molar-refractivity contribution >= 4 is 28.3 Å². The Balaban J connectivity index is 1.92. The molecule has 0 aliphatic carbocycles. The number of pyridine rings is 1. The van der Waals surface area contributed by atoms with Crippen LogP contribution in [0.5, 0.6) is 0 Å². The van der Waals surface area contributed by atoms with Gasteiger partial charge in [-0.1, -0.05) is 72.3 Å². The predicted molar refractivity (Wildman–Crippen MR) is 122 cm³/mol. The van der Waals surface area contributed by atoms with E-state index in [1.807, 2.05) is 67.6 Å². The van der Waals surface area contributed by atoms with Gasteiger partial charge in [0.2, 0.25) is 0 Å². The van der Waals surface area contributed by atoms with E-state index in [-0.39, 0.29) is 17.5 Å². The van der Waals surface area contributed by atoms with Crippen molar-refractivity contribution in [1.29, 1.82) is 0 Å². The minimum atomic E-state index is -0.249.